The highest BCUT2D eigenvalue weighted by Gasteiger charge is 2.20. The van der Waals surface area contributed by atoms with Gasteiger partial charge < -0.3 is 9.88 Å². The van der Waals surface area contributed by atoms with E-state index < -0.39 is 0 Å². The van der Waals surface area contributed by atoms with Crippen LogP contribution in [0.1, 0.15) is 36.7 Å². The zero-order valence-electron chi connectivity index (χ0n) is 11.5. The molecule has 1 aromatic heterocycles. The fourth-order valence-corrected chi connectivity index (χ4v) is 2.41. The molecule has 0 spiro atoms. The topological polar surface area (TPSA) is 29.9 Å². The molecule has 1 aromatic carbocycles. The van der Waals surface area contributed by atoms with Crippen LogP contribution in [0.4, 0.5) is 0 Å². The van der Waals surface area contributed by atoms with Gasteiger partial charge in [0.2, 0.25) is 0 Å². The first-order valence-electron chi connectivity index (χ1n) is 7.17. The number of rotatable bonds is 6. The van der Waals surface area contributed by atoms with Gasteiger partial charge in [-0.15, -0.1) is 0 Å². The van der Waals surface area contributed by atoms with Gasteiger partial charge in [-0.1, -0.05) is 31.2 Å². The first-order chi connectivity index (χ1) is 9.36. The molecule has 1 saturated carbocycles. The number of hydrogen-bond donors (Lipinski definition) is 1. The summed E-state index contributed by atoms with van der Waals surface area (Å²) in [6.45, 7) is 4.06. The van der Waals surface area contributed by atoms with Crippen LogP contribution in [0.15, 0.2) is 36.7 Å². The van der Waals surface area contributed by atoms with Gasteiger partial charge in [0.15, 0.2) is 0 Å². The third kappa shape index (κ3) is 3.04. The molecule has 1 aliphatic carbocycles. The maximum atomic E-state index is 4.39. The fraction of sp³-hybridized carbons (Fsp3) is 0.438. The van der Waals surface area contributed by atoms with Crippen LogP contribution in [0.2, 0.25) is 0 Å². The Labute approximate surface area is 114 Å². The summed E-state index contributed by atoms with van der Waals surface area (Å²) in [5, 5.41) is 3.60. The summed E-state index contributed by atoms with van der Waals surface area (Å²) in [4.78, 5) is 4.39. The van der Waals surface area contributed by atoms with Crippen molar-refractivity contribution in [1.82, 2.24) is 14.9 Å². The second-order valence-corrected chi connectivity index (χ2v) is 5.25. The Bertz CT molecular complexity index is 540. The maximum Gasteiger partial charge on any atom is 0.108 e. The van der Waals surface area contributed by atoms with Gasteiger partial charge in [0.1, 0.15) is 5.82 Å². The number of nitrogens with one attached hydrogen (secondary N) is 1. The van der Waals surface area contributed by atoms with Crippen molar-refractivity contribution in [3.63, 3.8) is 0 Å². The van der Waals surface area contributed by atoms with E-state index >= 15 is 0 Å². The Morgan fingerprint density at radius 1 is 1.26 bits per heavy atom. The summed E-state index contributed by atoms with van der Waals surface area (Å²) in [5.41, 5.74) is 2.80. The Kier molecular flexibility index (Phi) is 3.65. The Morgan fingerprint density at radius 2 is 2.05 bits per heavy atom. The molecule has 1 N–H and O–H groups in total. The van der Waals surface area contributed by atoms with Crippen molar-refractivity contribution in [2.24, 2.45) is 0 Å². The molecule has 0 radical (unpaired) electrons. The van der Waals surface area contributed by atoms with E-state index in [1.54, 1.807) is 0 Å². The molecule has 3 rings (SSSR count). The average molecular weight is 255 g/mol. The van der Waals surface area contributed by atoms with Gasteiger partial charge in [0.05, 0.1) is 0 Å². The molecule has 3 heteroatoms. The molecule has 0 aliphatic heterocycles. The molecule has 0 saturated heterocycles. The summed E-state index contributed by atoms with van der Waals surface area (Å²) in [7, 11) is 0. The SMILES string of the molecule is CCc1nccn1Cc1ccccc1CNC1CC1. The van der Waals surface area contributed by atoms with Crippen molar-refractivity contribution in [1.29, 1.82) is 0 Å². The van der Waals surface area contributed by atoms with Crippen molar-refractivity contribution in [2.75, 3.05) is 0 Å². The highest BCUT2D eigenvalue weighted by molar-refractivity contribution is 5.27. The molecule has 0 atom stereocenters. The van der Waals surface area contributed by atoms with Gasteiger partial charge in [-0.3, -0.25) is 0 Å². The van der Waals surface area contributed by atoms with E-state index in [0.29, 0.717) is 0 Å². The highest BCUT2D eigenvalue weighted by atomic mass is 15.1. The normalized spacial score (nSPS) is 14.8. The van der Waals surface area contributed by atoms with Crippen molar-refractivity contribution in [3.05, 3.63) is 53.6 Å². The maximum absolute atomic E-state index is 4.39. The van der Waals surface area contributed by atoms with Crippen LogP contribution >= 0.6 is 0 Å². The molecule has 1 fully saturated rings. The minimum Gasteiger partial charge on any atom is -0.331 e. The number of aryl methyl sites for hydroxylation is 1. The van der Waals surface area contributed by atoms with Crippen LogP contribution in [0.3, 0.4) is 0 Å². The zero-order chi connectivity index (χ0) is 13.1. The number of nitrogens with zero attached hydrogens (tertiary/aromatic N) is 2. The molecule has 0 amide bonds. The molecule has 2 aromatic rings. The lowest BCUT2D eigenvalue weighted by Gasteiger charge is -2.12. The van der Waals surface area contributed by atoms with Gasteiger partial charge in [0, 0.05) is 37.9 Å². The third-order valence-corrected chi connectivity index (χ3v) is 3.74. The number of imidazole rings is 1. The van der Waals surface area contributed by atoms with Crippen molar-refractivity contribution < 1.29 is 0 Å². The number of aromatic nitrogens is 2. The fourth-order valence-electron chi connectivity index (χ4n) is 2.41. The Balaban J connectivity index is 1.75. The van der Waals surface area contributed by atoms with Crippen LogP contribution in [0.25, 0.3) is 0 Å². The van der Waals surface area contributed by atoms with E-state index in [1.165, 1.54) is 24.0 Å². The smallest absolute Gasteiger partial charge is 0.108 e. The van der Waals surface area contributed by atoms with Crippen molar-refractivity contribution in [3.8, 4) is 0 Å². The highest BCUT2D eigenvalue weighted by Crippen LogP contribution is 2.20. The van der Waals surface area contributed by atoms with E-state index in [2.05, 4.69) is 52.3 Å². The van der Waals surface area contributed by atoms with Gasteiger partial charge in [0.25, 0.3) is 0 Å². The van der Waals surface area contributed by atoms with Crippen LogP contribution in [-0.4, -0.2) is 15.6 Å². The quantitative estimate of drug-likeness (QED) is 0.860. The number of benzene rings is 1. The first-order valence-corrected chi connectivity index (χ1v) is 7.17. The van der Waals surface area contributed by atoms with Crippen LogP contribution < -0.4 is 5.32 Å². The van der Waals surface area contributed by atoms with E-state index in [4.69, 9.17) is 0 Å². The molecule has 3 nitrogen and oxygen atoms in total. The standard InChI is InChI=1S/C16H21N3/c1-2-16-17-9-10-19(16)12-14-6-4-3-5-13(14)11-18-15-7-8-15/h3-6,9-10,15,18H,2,7-8,11-12H2,1H3. The van der Waals surface area contributed by atoms with Crippen molar-refractivity contribution >= 4 is 0 Å². The zero-order valence-corrected chi connectivity index (χ0v) is 11.5. The van der Waals surface area contributed by atoms with Gasteiger partial charge in [-0.05, 0) is 24.0 Å². The third-order valence-electron chi connectivity index (χ3n) is 3.74. The lowest BCUT2D eigenvalue weighted by molar-refractivity contribution is 0.669. The summed E-state index contributed by atoms with van der Waals surface area (Å²) < 4.78 is 2.25. The van der Waals surface area contributed by atoms with Crippen LogP contribution in [0.5, 0.6) is 0 Å². The Hall–Kier alpha value is -1.61. The summed E-state index contributed by atoms with van der Waals surface area (Å²) in [6.07, 6.45) is 7.62. The van der Waals surface area contributed by atoms with Gasteiger partial charge in [-0.2, -0.15) is 0 Å². The second kappa shape index (κ2) is 5.57. The summed E-state index contributed by atoms with van der Waals surface area (Å²) in [6, 6.07) is 9.46. The molecule has 0 bridgehead atoms. The lowest BCUT2D eigenvalue weighted by Crippen LogP contribution is -2.17. The van der Waals surface area contributed by atoms with Crippen LogP contribution in [0, 0.1) is 0 Å². The van der Waals surface area contributed by atoms with Crippen molar-refractivity contribution in [2.45, 2.75) is 45.3 Å². The van der Waals surface area contributed by atoms with Gasteiger partial charge in [-0.25, -0.2) is 4.98 Å². The van der Waals surface area contributed by atoms with Crippen LogP contribution in [-0.2, 0) is 19.5 Å². The van der Waals surface area contributed by atoms with E-state index in [0.717, 1.165) is 31.4 Å². The molecule has 100 valence electrons. The summed E-state index contributed by atoms with van der Waals surface area (Å²) in [5.74, 6) is 1.16. The number of hydrogen-bond acceptors (Lipinski definition) is 2. The molecule has 1 aliphatic rings. The van der Waals surface area contributed by atoms with E-state index in [9.17, 15) is 0 Å². The minimum atomic E-state index is 0.757. The largest absolute Gasteiger partial charge is 0.331 e. The lowest BCUT2D eigenvalue weighted by atomic mass is 10.1. The predicted molar refractivity (Wildman–Crippen MR) is 77.0 cm³/mol. The summed E-state index contributed by atoms with van der Waals surface area (Å²) >= 11 is 0. The molecule has 0 unspecified atom stereocenters. The first kappa shape index (κ1) is 12.4. The molecular formula is C16H21N3. The molecular weight excluding hydrogens is 234 g/mol. The second-order valence-electron chi connectivity index (χ2n) is 5.25. The molecule has 1 heterocycles. The monoisotopic (exact) mass is 255 g/mol. The Morgan fingerprint density at radius 3 is 2.79 bits per heavy atom. The van der Waals surface area contributed by atoms with E-state index in [1.807, 2.05) is 6.20 Å². The average Bonchev–Trinajstić information content (AvgIpc) is 3.16. The van der Waals surface area contributed by atoms with Gasteiger partial charge >= 0.3 is 0 Å². The molecule has 19 heavy (non-hydrogen) atoms. The van der Waals surface area contributed by atoms with E-state index in [-0.39, 0.29) is 0 Å². The predicted octanol–water partition coefficient (Wildman–Crippen LogP) is 2.75. The minimum absolute atomic E-state index is 0.757.